The molecular weight excluding hydrogens is 239 g/mol. The van der Waals surface area contributed by atoms with E-state index in [2.05, 4.69) is 11.9 Å². The molecule has 1 rings (SSSR count). The predicted octanol–water partition coefficient (Wildman–Crippen LogP) is 3.40. The first-order valence-electron chi connectivity index (χ1n) is 4.52. The van der Waals surface area contributed by atoms with Crippen LogP contribution in [0.2, 0.25) is 0 Å². The van der Waals surface area contributed by atoms with Gasteiger partial charge in [0.1, 0.15) is 0 Å². The summed E-state index contributed by atoms with van der Waals surface area (Å²) < 4.78 is 36.6. The summed E-state index contributed by atoms with van der Waals surface area (Å²) in [6.45, 7) is 4.71. The van der Waals surface area contributed by atoms with Gasteiger partial charge in [-0.25, -0.2) is 0 Å². The van der Waals surface area contributed by atoms with Gasteiger partial charge in [0.25, 0.3) is 0 Å². The van der Waals surface area contributed by atoms with E-state index in [1.165, 1.54) is 12.1 Å². The summed E-state index contributed by atoms with van der Waals surface area (Å²) in [5.41, 5.74) is 0.208. The van der Waals surface area contributed by atoms with Crippen LogP contribution in [0.4, 0.5) is 13.2 Å². The van der Waals surface area contributed by atoms with E-state index in [-0.39, 0.29) is 12.4 Å². The van der Waals surface area contributed by atoms with Crippen LogP contribution in [-0.2, 0) is 12.7 Å². The molecule has 0 bridgehead atoms. The predicted molar refractivity (Wildman–Crippen MR) is 60.6 cm³/mol. The van der Waals surface area contributed by atoms with E-state index in [1.807, 2.05) is 0 Å². The van der Waals surface area contributed by atoms with Crippen molar-refractivity contribution in [1.82, 2.24) is 5.32 Å². The van der Waals surface area contributed by atoms with E-state index in [0.717, 1.165) is 17.7 Å². The molecule has 1 aromatic carbocycles. The van der Waals surface area contributed by atoms with Crippen LogP contribution in [-0.4, -0.2) is 6.54 Å². The van der Waals surface area contributed by atoms with E-state index in [9.17, 15) is 13.2 Å². The van der Waals surface area contributed by atoms with E-state index >= 15 is 0 Å². The normalized spacial score (nSPS) is 10.7. The lowest BCUT2D eigenvalue weighted by Crippen LogP contribution is -2.13. The lowest BCUT2D eigenvalue weighted by Gasteiger charge is -2.07. The third-order valence-electron chi connectivity index (χ3n) is 1.90. The summed E-state index contributed by atoms with van der Waals surface area (Å²) >= 11 is 0. The second kappa shape index (κ2) is 6.55. The molecular formula is C11H13ClF3N. The average Bonchev–Trinajstić information content (AvgIpc) is 2.18. The summed E-state index contributed by atoms with van der Waals surface area (Å²) in [5.74, 6) is 0. The molecule has 90 valence electrons. The number of benzene rings is 1. The molecule has 0 aliphatic rings. The maximum absolute atomic E-state index is 12.2. The number of hydrogen-bond acceptors (Lipinski definition) is 1. The van der Waals surface area contributed by atoms with Crippen molar-refractivity contribution in [1.29, 1.82) is 0 Å². The van der Waals surface area contributed by atoms with Crippen molar-refractivity contribution in [3.05, 3.63) is 48.0 Å². The number of rotatable bonds is 4. The standard InChI is InChI=1S/C11H12F3N.ClH/c1-2-7-15-8-9-3-5-10(6-4-9)11(12,13)14;/h2-6,15H,1,7-8H2;1H. The Hall–Kier alpha value is -1.00. The Balaban J connectivity index is 0.00000225. The molecule has 5 heteroatoms. The Morgan fingerprint density at radius 1 is 1.19 bits per heavy atom. The molecule has 0 saturated heterocycles. The maximum Gasteiger partial charge on any atom is 0.416 e. The maximum atomic E-state index is 12.2. The smallest absolute Gasteiger partial charge is 0.309 e. The van der Waals surface area contributed by atoms with E-state index < -0.39 is 11.7 Å². The highest BCUT2D eigenvalue weighted by atomic mass is 35.5. The molecule has 1 aromatic rings. The van der Waals surface area contributed by atoms with Gasteiger partial charge in [0.15, 0.2) is 0 Å². The zero-order chi connectivity index (χ0) is 11.3. The fraction of sp³-hybridized carbons (Fsp3) is 0.273. The highest BCUT2D eigenvalue weighted by Gasteiger charge is 2.29. The fourth-order valence-electron chi connectivity index (χ4n) is 1.13. The Kier molecular flexibility index (Phi) is 6.14. The summed E-state index contributed by atoms with van der Waals surface area (Å²) in [7, 11) is 0. The summed E-state index contributed by atoms with van der Waals surface area (Å²) in [6, 6.07) is 5.12. The Morgan fingerprint density at radius 2 is 1.75 bits per heavy atom. The van der Waals surface area contributed by atoms with E-state index in [4.69, 9.17) is 0 Å². The highest BCUT2D eigenvalue weighted by Crippen LogP contribution is 2.28. The number of halogens is 4. The molecule has 0 fully saturated rings. The Bertz CT molecular complexity index is 319. The quantitative estimate of drug-likeness (QED) is 0.639. The molecule has 0 spiro atoms. The molecule has 0 aliphatic heterocycles. The van der Waals surface area contributed by atoms with Gasteiger partial charge >= 0.3 is 6.18 Å². The summed E-state index contributed by atoms with van der Waals surface area (Å²) in [5, 5.41) is 3.01. The van der Waals surface area contributed by atoms with Gasteiger partial charge in [-0.2, -0.15) is 13.2 Å². The Morgan fingerprint density at radius 3 is 2.19 bits per heavy atom. The average molecular weight is 252 g/mol. The number of hydrogen-bond donors (Lipinski definition) is 1. The fourth-order valence-corrected chi connectivity index (χ4v) is 1.13. The second-order valence-corrected chi connectivity index (χ2v) is 3.11. The minimum atomic E-state index is -4.26. The molecule has 0 atom stereocenters. The van der Waals surface area contributed by atoms with Crippen molar-refractivity contribution in [2.75, 3.05) is 6.54 Å². The molecule has 1 nitrogen and oxygen atoms in total. The molecule has 0 aromatic heterocycles. The molecule has 1 N–H and O–H groups in total. The third kappa shape index (κ3) is 4.68. The van der Waals surface area contributed by atoms with E-state index in [0.29, 0.717) is 13.1 Å². The van der Waals surface area contributed by atoms with Crippen LogP contribution in [0.5, 0.6) is 0 Å². The molecule has 0 radical (unpaired) electrons. The van der Waals surface area contributed by atoms with Crippen molar-refractivity contribution in [2.24, 2.45) is 0 Å². The van der Waals surface area contributed by atoms with Crippen molar-refractivity contribution in [3.63, 3.8) is 0 Å². The van der Waals surface area contributed by atoms with Crippen molar-refractivity contribution >= 4 is 12.4 Å². The minimum Gasteiger partial charge on any atom is -0.309 e. The monoisotopic (exact) mass is 251 g/mol. The highest BCUT2D eigenvalue weighted by molar-refractivity contribution is 5.85. The van der Waals surface area contributed by atoms with Crippen LogP contribution in [0, 0.1) is 0 Å². The number of nitrogens with one attached hydrogen (secondary N) is 1. The first-order chi connectivity index (χ1) is 7.04. The van der Waals surface area contributed by atoms with E-state index in [1.54, 1.807) is 6.08 Å². The summed E-state index contributed by atoms with van der Waals surface area (Å²) in [6.07, 6.45) is -2.56. The zero-order valence-electron chi connectivity index (χ0n) is 8.55. The van der Waals surface area contributed by atoms with Gasteiger partial charge in [-0.3, -0.25) is 0 Å². The van der Waals surface area contributed by atoms with Crippen LogP contribution in [0.25, 0.3) is 0 Å². The summed E-state index contributed by atoms with van der Waals surface area (Å²) in [4.78, 5) is 0. The molecule has 0 saturated carbocycles. The zero-order valence-corrected chi connectivity index (χ0v) is 9.37. The minimum absolute atomic E-state index is 0. The molecule has 0 aliphatic carbocycles. The van der Waals surface area contributed by atoms with Gasteiger partial charge in [-0.15, -0.1) is 19.0 Å². The Labute approximate surface area is 98.8 Å². The molecule has 16 heavy (non-hydrogen) atoms. The van der Waals surface area contributed by atoms with Crippen molar-refractivity contribution < 1.29 is 13.2 Å². The molecule has 0 amide bonds. The molecule has 0 unspecified atom stereocenters. The lowest BCUT2D eigenvalue weighted by molar-refractivity contribution is -0.137. The van der Waals surface area contributed by atoms with Gasteiger partial charge < -0.3 is 5.32 Å². The van der Waals surface area contributed by atoms with Crippen molar-refractivity contribution in [3.8, 4) is 0 Å². The van der Waals surface area contributed by atoms with Crippen molar-refractivity contribution in [2.45, 2.75) is 12.7 Å². The van der Waals surface area contributed by atoms with Crippen LogP contribution >= 0.6 is 12.4 Å². The first kappa shape index (κ1) is 15.0. The van der Waals surface area contributed by atoms with Crippen LogP contribution < -0.4 is 5.32 Å². The van der Waals surface area contributed by atoms with Crippen LogP contribution in [0.1, 0.15) is 11.1 Å². The van der Waals surface area contributed by atoms with Gasteiger partial charge in [-0.05, 0) is 17.7 Å². The topological polar surface area (TPSA) is 12.0 Å². The second-order valence-electron chi connectivity index (χ2n) is 3.11. The van der Waals surface area contributed by atoms with Gasteiger partial charge in [0.2, 0.25) is 0 Å². The molecule has 0 heterocycles. The van der Waals surface area contributed by atoms with Gasteiger partial charge in [0.05, 0.1) is 5.56 Å². The van der Waals surface area contributed by atoms with Crippen LogP contribution in [0.3, 0.4) is 0 Å². The lowest BCUT2D eigenvalue weighted by atomic mass is 10.1. The largest absolute Gasteiger partial charge is 0.416 e. The van der Waals surface area contributed by atoms with Gasteiger partial charge in [-0.1, -0.05) is 18.2 Å². The SMILES string of the molecule is C=CCNCc1ccc(C(F)(F)F)cc1.Cl. The van der Waals surface area contributed by atoms with Gasteiger partial charge in [0, 0.05) is 13.1 Å². The number of alkyl halides is 3. The third-order valence-corrected chi connectivity index (χ3v) is 1.90. The first-order valence-corrected chi connectivity index (χ1v) is 4.52. The van der Waals surface area contributed by atoms with Crippen LogP contribution in [0.15, 0.2) is 36.9 Å².